The lowest BCUT2D eigenvalue weighted by molar-refractivity contribution is -0.115. The van der Waals surface area contributed by atoms with Crippen molar-refractivity contribution in [3.05, 3.63) is 75.4 Å². The number of carbonyl (C=O) groups excluding carboxylic acids is 1. The molecule has 2 heterocycles. The van der Waals surface area contributed by atoms with E-state index in [1.807, 2.05) is 32.0 Å². The number of aryl methyl sites for hydroxylation is 2. The van der Waals surface area contributed by atoms with Gasteiger partial charge in [-0.2, -0.15) is 5.10 Å². The van der Waals surface area contributed by atoms with E-state index in [9.17, 15) is 13.2 Å². The van der Waals surface area contributed by atoms with Gasteiger partial charge in [0.2, 0.25) is 5.91 Å². The molecule has 29 heavy (non-hydrogen) atoms. The smallest absolute Gasteiger partial charge is 0.229 e. The van der Waals surface area contributed by atoms with Gasteiger partial charge in [0.15, 0.2) is 9.84 Å². The molecule has 0 atom stereocenters. The van der Waals surface area contributed by atoms with E-state index < -0.39 is 9.84 Å². The molecular formula is C21H20ClN3O3S. The van der Waals surface area contributed by atoms with Crippen molar-refractivity contribution >= 4 is 33.2 Å². The van der Waals surface area contributed by atoms with Gasteiger partial charge in [-0.05, 0) is 43.2 Å². The van der Waals surface area contributed by atoms with Gasteiger partial charge in [0.1, 0.15) is 5.82 Å². The number of hydrogen-bond acceptors (Lipinski definition) is 4. The third kappa shape index (κ3) is 4.06. The Morgan fingerprint density at radius 1 is 1.14 bits per heavy atom. The van der Waals surface area contributed by atoms with Crippen LogP contribution in [0.15, 0.2) is 42.5 Å². The van der Waals surface area contributed by atoms with E-state index in [1.54, 1.807) is 28.9 Å². The van der Waals surface area contributed by atoms with E-state index in [0.717, 1.165) is 22.4 Å². The van der Waals surface area contributed by atoms with E-state index in [-0.39, 0.29) is 23.8 Å². The predicted octanol–water partition coefficient (Wildman–Crippen LogP) is 3.75. The summed E-state index contributed by atoms with van der Waals surface area (Å²) in [5.74, 6) is -0.0540. The van der Waals surface area contributed by atoms with Crippen molar-refractivity contribution in [3.63, 3.8) is 0 Å². The first kappa shape index (κ1) is 19.7. The fourth-order valence-corrected chi connectivity index (χ4v) is 5.17. The highest BCUT2D eigenvalue weighted by molar-refractivity contribution is 7.90. The Hall–Kier alpha value is -2.64. The molecule has 150 valence electrons. The highest BCUT2D eigenvalue weighted by atomic mass is 35.5. The summed E-state index contributed by atoms with van der Waals surface area (Å²) in [4.78, 5) is 12.7. The molecule has 0 saturated carbocycles. The number of carbonyl (C=O) groups is 1. The molecule has 0 spiro atoms. The van der Waals surface area contributed by atoms with E-state index in [2.05, 4.69) is 10.4 Å². The topological polar surface area (TPSA) is 81.1 Å². The molecule has 0 saturated heterocycles. The number of fused-ring (bicyclic) bond motifs is 1. The second kappa shape index (κ2) is 7.31. The van der Waals surface area contributed by atoms with Crippen LogP contribution in [0.2, 0.25) is 5.02 Å². The SMILES string of the molecule is Cc1ccc(-n2nc3c(c2NC(=O)Cc2ccc(Cl)cc2)CS(=O)(=O)C3)c(C)c1. The largest absolute Gasteiger partial charge is 0.310 e. The Balaban J connectivity index is 1.71. The lowest BCUT2D eigenvalue weighted by atomic mass is 10.1. The van der Waals surface area contributed by atoms with Crippen LogP contribution < -0.4 is 5.32 Å². The molecule has 4 rings (SSSR count). The fraction of sp³-hybridized carbons (Fsp3) is 0.238. The molecule has 2 aromatic carbocycles. The zero-order chi connectivity index (χ0) is 20.8. The number of rotatable bonds is 4. The van der Waals surface area contributed by atoms with Gasteiger partial charge < -0.3 is 5.32 Å². The third-order valence-corrected chi connectivity index (χ3v) is 6.60. The highest BCUT2D eigenvalue weighted by Crippen LogP contribution is 2.33. The van der Waals surface area contributed by atoms with Crippen LogP contribution >= 0.6 is 11.6 Å². The second-order valence-corrected chi connectivity index (χ2v) is 9.86. The molecule has 0 fully saturated rings. The number of sulfone groups is 1. The molecular weight excluding hydrogens is 410 g/mol. The Labute approximate surface area is 174 Å². The summed E-state index contributed by atoms with van der Waals surface area (Å²) in [5.41, 5.74) is 4.78. The van der Waals surface area contributed by atoms with Crippen LogP contribution in [-0.4, -0.2) is 24.1 Å². The minimum atomic E-state index is -3.24. The van der Waals surface area contributed by atoms with Crippen molar-refractivity contribution in [1.29, 1.82) is 0 Å². The lowest BCUT2D eigenvalue weighted by Gasteiger charge is -2.13. The van der Waals surface area contributed by atoms with Crippen LogP contribution in [0.5, 0.6) is 0 Å². The van der Waals surface area contributed by atoms with Gasteiger partial charge >= 0.3 is 0 Å². The first-order valence-electron chi connectivity index (χ1n) is 9.15. The summed E-state index contributed by atoms with van der Waals surface area (Å²) in [6.45, 7) is 3.96. The number of hydrogen-bond donors (Lipinski definition) is 1. The van der Waals surface area contributed by atoms with Crippen molar-refractivity contribution in [3.8, 4) is 5.69 Å². The van der Waals surface area contributed by atoms with Crippen LogP contribution in [0.3, 0.4) is 0 Å². The normalized spacial score (nSPS) is 14.6. The van der Waals surface area contributed by atoms with Crippen LogP contribution in [0.25, 0.3) is 5.69 Å². The van der Waals surface area contributed by atoms with Crippen molar-refractivity contribution in [2.75, 3.05) is 5.32 Å². The maximum atomic E-state index is 12.7. The minimum absolute atomic E-state index is 0.111. The average molecular weight is 430 g/mol. The van der Waals surface area contributed by atoms with E-state index in [4.69, 9.17) is 11.6 Å². The number of nitrogens with zero attached hydrogens (tertiary/aromatic N) is 2. The number of amides is 1. The standard InChI is InChI=1S/C21H20ClN3O3S/c1-13-3-8-19(14(2)9-13)25-21(17-11-29(27,28)12-18(17)24-25)23-20(26)10-15-4-6-16(22)7-5-15/h3-9H,10-12H2,1-2H3,(H,23,26). The van der Waals surface area contributed by atoms with Crippen LogP contribution in [-0.2, 0) is 32.6 Å². The van der Waals surface area contributed by atoms with Gasteiger partial charge in [0.05, 0.1) is 29.3 Å². The number of nitrogens with one attached hydrogen (secondary N) is 1. The van der Waals surface area contributed by atoms with Crippen LogP contribution in [0.4, 0.5) is 5.82 Å². The molecule has 0 bridgehead atoms. The summed E-state index contributed by atoms with van der Waals surface area (Å²) >= 11 is 5.90. The van der Waals surface area contributed by atoms with Crippen molar-refractivity contribution in [2.24, 2.45) is 0 Å². The molecule has 0 radical (unpaired) electrons. The fourth-order valence-electron chi connectivity index (χ4n) is 3.55. The number of benzene rings is 2. The minimum Gasteiger partial charge on any atom is -0.310 e. The Morgan fingerprint density at radius 3 is 2.55 bits per heavy atom. The lowest BCUT2D eigenvalue weighted by Crippen LogP contribution is -2.19. The average Bonchev–Trinajstić information content (AvgIpc) is 3.10. The number of aromatic nitrogens is 2. The van der Waals surface area contributed by atoms with Gasteiger partial charge in [-0.25, -0.2) is 13.1 Å². The quantitative estimate of drug-likeness (QED) is 0.684. The summed E-state index contributed by atoms with van der Waals surface area (Å²) in [6, 6.07) is 13.0. The maximum Gasteiger partial charge on any atom is 0.229 e. The van der Waals surface area contributed by atoms with Crippen molar-refractivity contribution < 1.29 is 13.2 Å². The molecule has 1 amide bonds. The zero-order valence-electron chi connectivity index (χ0n) is 16.1. The summed E-state index contributed by atoms with van der Waals surface area (Å²) < 4.78 is 25.8. The van der Waals surface area contributed by atoms with Gasteiger partial charge in [0, 0.05) is 10.6 Å². The van der Waals surface area contributed by atoms with Gasteiger partial charge in [-0.15, -0.1) is 0 Å². The second-order valence-electron chi connectivity index (χ2n) is 7.36. The first-order valence-corrected chi connectivity index (χ1v) is 11.3. The molecule has 1 aromatic heterocycles. The Morgan fingerprint density at radius 2 is 1.86 bits per heavy atom. The predicted molar refractivity (Wildman–Crippen MR) is 113 cm³/mol. The summed E-state index contributed by atoms with van der Waals surface area (Å²) in [6.07, 6.45) is 0.150. The Bertz CT molecular complexity index is 1210. The Kier molecular flexibility index (Phi) is 4.96. The van der Waals surface area contributed by atoms with Crippen molar-refractivity contribution in [2.45, 2.75) is 31.8 Å². The molecule has 8 heteroatoms. The van der Waals surface area contributed by atoms with Gasteiger partial charge in [-0.1, -0.05) is 41.4 Å². The molecule has 0 aliphatic carbocycles. The van der Waals surface area contributed by atoms with E-state index in [0.29, 0.717) is 22.1 Å². The maximum absolute atomic E-state index is 12.7. The molecule has 1 N–H and O–H groups in total. The van der Waals surface area contributed by atoms with Crippen LogP contribution in [0, 0.1) is 13.8 Å². The monoisotopic (exact) mass is 429 g/mol. The number of halogens is 1. The highest BCUT2D eigenvalue weighted by Gasteiger charge is 2.33. The van der Waals surface area contributed by atoms with Crippen LogP contribution in [0.1, 0.15) is 27.9 Å². The van der Waals surface area contributed by atoms with Crippen molar-refractivity contribution in [1.82, 2.24) is 9.78 Å². The molecule has 0 unspecified atom stereocenters. The zero-order valence-corrected chi connectivity index (χ0v) is 17.6. The molecule has 1 aliphatic rings. The number of anilines is 1. The third-order valence-electron chi connectivity index (χ3n) is 4.90. The molecule has 1 aliphatic heterocycles. The summed E-state index contributed by atoms with van der Waals surface area (Å²) in [5, 5.41) is 8.02. The molecule has 3 aromatic rings. The summed E-state index contributed by atoms with van der Waals surface area (Å²) in [7, 11) is -3.24. The first-order chi connectivity index (χ1) is 13.7. The van der Waals surface area contributed by atoms with Gasteiger partial charge in [-0.3, -0.25) is 4.79 Å². The van der Waals surface area contributed by atoms with E-state index >= 15 is 0 Å². The van der Waals surface area contributed by atoms with E-state index in [1.165, 1.54) is 0 Å². The van der Waals surface area contributed by atoms with Gasteiger partial charge in [0.25, 0.3) is 0 Å². The molecule has 6 nitrogen and oxygen atoms in total.